The third-order valence-corrected chi connectivity index (χ3v) is 14.3. The minimum absolute atomic E-state index is 0.100. The largest absolute Gasteiger partial charge is 0.494 e. The summed E-state index contributed by atoms with van der Waals surface area (Å²) in [6.45, 7) is 39.1. The number of benzene rings is 4. The third kappa shape index (κ3) is 11.9. The molecule has 4 nitrogen and oxygen atoms in total. The lowest BCUT2D eigenvalue weighted by Gasteiger charge is -2.31. The molecule has 8 bridgehead atoms. The van der Waals surface area contributed by atoms with Gasteiger partial charge in [0.15, 0.2) is 0 Å². The highest BCUT2D eigenvalue weighted by molar-refractivity contribution is 8.01. The summed E-state index contributed by atoms with van der Waals surface area (Å²) in [6.07, 6.45) is 3.68. The van der Waals surface area contributed by atoms with Gasteiger partial charge in [-0.15, -0.1) is 0 Å². The summed E-state index contributed by atoms with van der Waals surface area (Å²) in [5.74, 6) is 3.64. The predicted molar refractivity (Wildman–Crippen MR) is 260 cm³/mol. The van der Waals surface area contributed by atoms with Gasteiger partial charge in [0.25, 0.3) is 0 Å². The average Bonchev–Trinajstić information content (AvgIpc) is 3.13. The quantitative estimate of drug-likeness (QED) is 0.123. The second-order valence-corrected chi connectivity index (χ2v) is 24.3. The van der Waals surface area contributed by atoms with E-state index in [1.165, 1.54) is 41.8 Å². The number of fused-ring (bicyclic) bond motifs is 8. The Balaban J connectivity index is 2.02. The minimum atomic E-state index is -0.194. The lowest BCUT2D eigenvalue weighted by atomic mass is 9.86. The molecule has 0 aliphatic carbocycles. The van der Waals surface area contributed by atoms with E-state index in [0.29, 0.717) is 26.4 Å². The van der Waals surface area contributed by atoms with Crippen molar-refractivity contribution in [1.29, 1.82) is 0 Å². The summed E-state index contributed by atoms with van der Waals surface area (Å²) in [5.41, 5.74) is 4.54. The fourth-order valence-electron chi connectivity index (χ4n) is 7.03. The van der Waals surface area contributed by atoms with Crippen molar-refractivity contribution in [1.82, 2.24) is 0 Å². The van der Waals surface area contributed by atoms with Gasteiger partial charge in [0, 0.05) is 19.6 Å². The van der Waals surface area contributed by atoms with E-state index < -0.39 is 0 Å². The van der Waals surface area contributed by atoms with Crippen molar-refractivity contribution in [3.8, 4) is 23.0 Å². The highest BCUT2D eigenvalue weighted by Crippen LogP contribution is 2.56. The topological polar surface area (TPSA) is 36.9 Å². The van der Waals surface area contributed by atoms with E-state index in [9.17, 15) is 0 Å². The lowest BCUT2D eigenvalue weighted by molar-refractivity contribution is 0.302. The van der Waals surface area contributed by atoms with E-state index in [-0.39, 0.29) is 21.7 Å². The standard InChI is InChI=1S/C52H72O4S4/c1-17-21-53-35-29-37-45(51(11,12)13)38(30-35)58-42-26-34(50(8,9)10)28-44(48(42)56-24-20-4)60-40-32-36(54-22-18-2)31-39(46(40)52(14,15)16)59-43-27-33(49(5,6)7)25-41(57-37)47(43)55-23-19-3/h25-32H,17-24H2,1-16H3. The van der Waals surface area contributed by atoms with Gasteiger partial charge in [-0.3, -0.25) is 0 Å². The molecule has 0 fully saturated rings. The van der Waals surface area contributed by atoms with Crippen LogP contribution in [0.2, 0.25) is 0 Å². The number of hydrogen-bond donors (Lipinski definition) is 0. The molecule has 0 saturated carbocycles. The van der Waals surface area contributed by atoms with Gasteiger partial charge in [0.1, 0.15) is 23.0 Å². The van der Waals surface area contributed by atoms with Crippen LogP contribution in [0.3, 0.4) is 0 Å². The fourth-order valence-corrected chi connectivity index (χ4v) is 12.8. The zero-order chi connectivity index (χ0) is 44.2. The maximum Gasteiger partial charge on any atom is 0.147 e. The molecule has 0 unspecified atom stereocenters. The van der Waals surface area contributed by atoms with Gasteiger partial charge in [0.2, 0.25) is 0 Å². The zero-order valence-electron chi connectivity index (χ0n) is 39.5. The van der Waals surface area contributed by atoms with E-state index in [4.69, 9.17) is 18.9 Å². The van der Waals surface area contributed by atoms with Crippen LogP contribution in [0.25, 0.3) is 0 Å². The van der Waals surface area contributed by atoms with Crippen molar-refractivity contribution >= 4 is 47.0 Å². The van der Waals surface area contributed by atoms with Gasteiger partial charge in [-0.05, 0) is 118 Å². The zero-order valence-corrected chi connectivity index (χ0v) is 42.8. The van der Waals surface area contributed by atoms with Crippen LogP contribution in [0.5, 0.6) is 23.0 Å². The van der Waals surface area contributed by atoms with E-state index in [1.807, 2.05) is 47.0 Å². The van der Waals surface area contributed by atoms with Crippen LogP contribution in [0.15, 0.2) is 87.7 Å². The van der Waals surface area contributed by atoms with E-state index >= 15 is 0 Å². The first-order valence-corrected chi connectivity index (χ1v) is 25.3. The van der Waals surface area contributed by atoms with Crippen LogP contribution >= 0.6 is 47.0 Å². The van der Waals surface area contributed by atoms with Crippen LogP contribution in [0.1, 0.15) is 159 Å². The first kappa shape index (κ1) is 48.5. The molecule has 0 amide bonds. The Kier molecular flexibility index (Phi) is 16.1. The molecule has 0 atom stereocenters. The maximum absolute atomic E-state index is 6.92. The molecule has 8 heteroatoms. The molecule has 4 aromatic carbocycles. The van der Waals surface area contributed by atoms with Gasteiger partial charge in [-0.1, -0.05) is 158 Å². The van der Waals surface area contributed by atoms with Crippen molar-refractivity contribution in [2.75, 3.05) is 26.4 Å². The van der Waals surface area contributed by atoms with Gasteiger partial charge in [-0.25, -0.2) is 0 Å². The molecule has 60 heavy (non-hydrogen) atoms. The average molecular weight is 889 g/mol. The molecular weight excluding hydrogens is 817 g/mol. The first-order valence-electron chi connectivity index (χ1n) is 22.1. The van der Waals surface area contributed by atoms with Crippen molar-refractivity contribution in [3.63, 3.8) is 0 Å². The van der Waals surface area contributed by atoms with Crippen molar-refractivity contribution < 1.29 is 18.9 Å². The SMILES string of the molecule is CCCOc1cc2c(C(C)(C)C)c(c1)Sc1cc(C(C)(C)C)cc(c1OCCC)Sc1cc(OCCC)cc(c1C(C)(C)C)Sc1cc(C(C)(C)C)cc(c1OCCC)S2. The molecule has 5 rings (SSSR count). The van der Waals surface area contributed by atoms with Crippen LogP contribution in [0, 0.1) is 0 Å². The molecule has 0 radical (unpaired) electrons. The van der Waals surface area contributed by atoms with Crippen molar-refractivity contribution in [2.45, 2.75) is 197 Å². The fraction of sp³-hybridized carbons (Fsp3) is 0.538. The molecular formula is C52H72O4S4. The van der Waals surface area contributed by atoms with Crippen LogP contribution in [-0.4, -0.2) is 26.4 Å². The van der Waals surface area contributed by atoms with Crippen LogP contribution < -0.4 is 18.9 Å². The van der Waals surface area contributed by atoms with Crippen molar-refractivity contribution in [2.24, 2.45) is 0 Å². The minimum Gasteiger partial charge on any atom is -0.494 e. The summed E-state index contributed by atoms with van der Waals surface area (Å²) in [6, 6.07) is 18.6. The Bertz CT molecular complexity index is 1860. The smallest absolute Gasteiger partial charge is 0.147 e. The Labute approximate surface area is 381 Å². The van der Waals surface area contributed by atoms with E-state index in [2.05, 4.69) is 159 Å². The van der Waals surface area contributed by atoms with Gasteiger partial charge >= 0.3 is 0 Å². The molecule has 0 spiro atoms. The Morgan fingerprint density at radius 3 is 0.800 bits per heavy atom. The predicted octanol–water partition coefficient (Wildman–Crippen LogP) is 16.9. The van der Waals surface area contributed by atoms with Gasteiger partial charge < -0.3 is 18.9 Å². The highest BCUT2D eigenvalue weighted by atomic mass is 32.2. The summed E-state index contributed by atoms with van der Waals surface area (Å²) in [7, 11) is 0. The second-order valence-electron chi connectivity index (χ2n) is 20.0. The molecule has 1 aliphatic rings. The normalized spacial score (nSPS) is 13.6. The van der Waals surface area contributed by atoms with Gasteiger partial charge in [0.05, 0.1) is 46.0 Å². The summed E-state index contributed by atoms with van der Waals surface area (Å²) in [4.78, 5) is 9.20. The Hall–Kier alpha value is -2.52. The maximum atomic E-state index is 6.92. The lowest BCUT2D eigenvalue weighted by Crippen LogP contribution is -2.16. The molecule has 0 aromatic heterocycles. The monoisotopic (exact) mass is 888 g/mol. The summed E-state index contributed by atoms with van der Waals surface area (Å²) < 4.78 is 26.9. The number of hydrogen-bond acceptors (Lipinski definition) is 8. The molecule has 4 aromatic rings. The number of ether oxygens (including phenoxy) is 4. The van der Waals surface area contributed by atoms with E-state index in [1.54, 1.807) is 0 Å². The van der Waals surface area contributed by atoms with Crippen molar-refractivity contribution in [3.05, 3.63) is 70.8 Å². The van der Waals surface area contributed by atoms with Crippen LogP contribution in [0.4, 0.5) is 0 Å². The molecule has 0 saturated heterocycles. The first-order chi connectivity index (χ1) is 28.1. The van der Waals surface area contributed by atoms with Gasteiger partial charge in [-0.2, -0.15) is 0 Å². The summed E-state index contributed by atoms with van der Waals surface area (Å²) in [5, 5.41) is 0. The molecule has 1 heterocycles. The van der Waals surface area contributed by atoms with Crippen LogP contribution in [-0.2, 0) is 21.7 Å². The molecule has 1 aliphatic heterocycles. The third-order valence-electron chi connectivity index (χ3n) is 10.1. The summed E-state index contributed by atoms with van der Waals surface area (Å²) >= 11 is 7.27. The number of rotatable bonds is 12. The highest BCUT2D eigenvalue weighted by Gasteiger charge is 2.32. The van der Waals surface area contributed by atoms with E-state index in [0.717, 1.165) is 68.3 Å². The Morgan fingerprint density at radius 2 is 0.583 bits per heavy atom. The molecule has 328 valence electrons. The molecule has 0 N–H and O–H groups in total. The second kappa shape index (κ2) is 19.9. The Morgan fingerprint density at radius 1 is 0.333 bits per heavy atom.